The topological polar surface area (TPSA) is 102 Å². The SMILES string of the molecule is O=C(c1ccc(S(=O)(=O)N2CCCC2)cc1)N(Cc1cccnc1)c1nc2cc3c(cc2s1)OCO3. The number of fused-ring (bicyclic) bond motifs is 2. The summed E-state index contributed by atoms with van der Waals surface area (Å²) < 4.78 is 39.1. The number of pyridine rings is 1. The molecular weight excluding hydrogens is 500 g/mol. The lowest BCUT2D eigenvalue weighted by Crippen LogP contribution is -2.30. The van der Waals surface area contributed by atoms with Crippen molar-refractivity contribution in [1.29, 1.82) is 0 Å². The number of rotatable bonds is 6. The van der Waals surface area contributed by atoms with Gasteiger partial charge in [0, 0.05) is 43.2 Å². The molecule has 0 radical (unpaired) electrons. The van der Waals surface area contributed by atoms with Gasteiger partial charge in [-0.25, -0.2) is 13.4 Å². The van der Waals surface area contributed by atoms with E-state index in [1.807, 2.05) is 24.3 Å². The summed E-state index contributed by atoms with van der Waals surface area (Å²) in [7, 11) is -3.56. The standard InChI is InChI=1S/C25H22N4O5S2/c30-24(18-5-7-19(8-6-18)36(31,32)28-10-1-2-11-28)29(15-17-4-3-9-26-14-17)25-27-20-12-21-22(34-16-33-21)13-23(20)35-25/h3-9,12-14H,1-2,10-11,15-16H2. The fraction of sp³-hybridized carbons (Fsp3) is 0.240. The molecule has 36 heavy (non-hydrogen) atoms. The third-order valence-corrected chi connectivity index (χ3v) is 9.17. The van der Waals surface area contributed by atoms with Crippen molar-refractivity contribution in [2.75, 3.05) is 24.8 Å². The van der Waals surface area contributed by atoms with Crippen LogP contribution in [0.5, 0.6) is 11.5 Å². The maximum absolute atomic E-state index is 13.7. The molecule has 0 spiro atoms. The van der Waals surface area contributed by atoms with Crippen molar-refractivity contribution in [3.05, 3.63) is 72.1 Å². The van der Waals surface area contributed by atoms with Gasteiger partial charge in [-0.05, 0) is 48.7 Å². The normalized spacial score (nSPS) is 15.4. The molecule has 1 fully saturated rings. The number of benzene rings is 2. The maximum Gasteiger partial charge on any atom is 0.260 e. The lowest BCUT2D eigenvalue weighted by Gasteiger charge is -2.20. The Hall–Kier alpha value is -3.54. The van der Waals surface area contributed by atoms with E-state index in [-0.39, 0.29) is 24.1 Å². The second-order valence-electron chi connectivity index (χ2n) is 8.56. The summed E-state index contributed by atoms with van der Waals surface area (Å²) in [5, 5.41) is 0.510. The first-order valence-corrected chi connectivity index (χ1v) is 13.8. The van der Waals surface area contributed by atoms with E-state index in [9.17, 15) is 13.2 Å². The molecule has 184 valence electrons. The van der Waals surface area contributed by atoms with Crippen molar-refractivity contribution in [2.45, 2.75) is 24.3 Å². The largest absolute Gasteiger partial charge is 0.454 e. The van der Waals surface area contributed by atoms with Crippen molar-refractivity contribution in [3.63, 3.8) is 0 Å². The van der Waals surface area contributed by atoms with E-state index in [4.69, 9.17) is 14.5 Å². The first-order chi connectivity index (χ1) is 17.5. The highest BCUT2D eigenvalue weighted by molar-refractivity contribution is 7.89. The number of aromatic nitrogens is 2. The van der Waals surface area contributed by atoms with Gasteiger partial charge in [-0.15, -0.1) is 0 Å². The predicted octanol–water partition coefficient (Wildman–Crippen LogP) is 4.05. The van der Waals surface area contributed by atoms with Crippen LogP contribution in [0.1, 0.15) is 28.8 Å². The van der Waals surface area contributed by atoms with Crippen LogP contribution in [0.15, 0.2) is 65.8 Å². The molecular formula is C25H22N4O5S2. The molecule has 4 heterocycles. The van der Waals surface area contributed by atoms with Crippen molar-refractivity contribution < 1.29 is 22.7 Å². The Bertz CT molecular complexity index is 1490. The Morgan fingerprint density at radius 1 is 1.06 bits per heavy atom. The van der Waals surface area contributed by atoms with E-state index in [1.54, 1.807) is 29.4 Å². The molecule has 0 N–H and O–H groups in total. The van der Waals surface area contributed by atoms with Crippen LogP contribution in [0, 0.1) is 0 Å². The molecule has 0 atom stereocenters. The van der Waals surface area contributed by atoms with Gasteiger partial charge in [-0.2, -0.15) is 4.31 Å². The summed E-state index contributed by atoms with van der Waals surface area (Å²) in [4.78, 5) is 24.4. The number of sulfonamides is 1. The minimum Gasteiger partial charge on any atom is -0.454 e. The van der Waals surface area contributed by atoms with Gasteiger partial charge in [0.25, 0.3) is 5.91 Å². The number of hydrogen-bond acceptors (Lipinski definition) is 8. The number of amides is 1. The van der Waals surface area contributed by atoms with E-state index in [0.29, 0.717) is 40.8 Å². The second kappa shape index (κ2) is 9.16. The van der Waals surface area contributed by atoms with Crippen molar-refractivity contribution in [1.82, 2.24) is 14.3 Å². The third-order valence-electron chi connectivity index (χ3n) is 6.22. The average Bonchev–Trinajstić information content (AvgIpc) is 3.67. The maximum atomic E-state index is 13.7. The highest BCUT2D eigenvalue weighted by atomic mass is 32.2. The highest BCUT2D eigenvalue weighted by Crippen LogP contribution is 2.40. The van der Waals surface area contributed by atoms with Gasteiger partial charge in [0.1, 0.15) is 0 Å². The van der Waals surface area contributed by atoms with E-state index in [2.05, 4.69) is 4.98 Å². The summed E-state index contributed by atoms with van der Waals surface area (Å²) in [6, 6.07) is 13.5. The second-order valence-corrected chi connectivity index (χ2v) is 11.5. The van der Waals surface area contributed by atoms with Crippen molar-refractivity contribution in [2.24, 2.45) is 0 Å². The Kier molecular flexibility index (Phi) is 5.82. The summed E-state index contributed by atoms with van der Waals surface area (Å²) in [5.74, 6) is 0.986. The van der Waals surface area contributed by atoms with Gasteiger partial charge in [-0.1, -0.05) is 17.4 Å². The lowest BCUT2D eigenvalue weighted by molar-refractivity contribution is 0.0985. The monoisotopic (exact) mass is 522 g/mol. The Morgan fingerprint density at radius 2 is 1.81 bits per heavy atom. The molecule has 2 aliphatic heterocycles. The lowest BCUT2D eigenvalue weighted by atomic mass is 10.2. The van der Waals surface area contributed by atoms with Crippen LogP contribution in [0.2, 0.25) is 0 Å². The molecule has 0 unspecified atom stereocenters. The van der Waals surface area contributed by atoms with Gasteiger partial charge in [0.05, 0.1) is 21.7 Å². The summed E-state index contributed by atoms with van der Waals surface area (Å²) in [6.45, 7) is 1.49. The quantitative estimate of drug-likeness (QED) is 0.376. The fourth-order valence-corrected chi connectivity index (χ4v) is 6.82. The van der Waals surface area contributed by atoms with Crippen LogP contribution in [-0.4, -0.2) is 48.5 Å². The molecule has 2 aromatic heterocycles. The van der Waals surface area contributed by atoms with Crippen LogP contribution in [0.4, 0.5) is 5.13 Å². The molecule has 6 rings (SSSR count). The minimum atomic E-state index is -3.56. The van der Waals surface area contributed by atoms with E-state index >= 15 is 0 Å². The molecule has 4 aromatic rings. The van der Waals surface area contributed by atoms with E-state index in [0.717, 1.165) is 23.1 Å². The van der Waals surface area contributed by atoms with Crippen LogP contribution >= 0.6 is 11.3 Å². The third kappa shape index (κ3) is 4.19. The van der Waals surface area contributed by atoms with E-state index < -0.39 is 10.0 Å². The van der Waals surface area contributed by atoms with Crippen molar-refractivity contribution in [3.8, 4) is 11.5 Å². The zero-order chi connectivity index (χ0) is 24.7. The molecule has 0 bridgehead atoms. The highest BCUT2D eigenvalue weighted by Gasteiger charge is 2.28. The van der Waals surface area contributed by atoms with Crippen LogP contribution < -0.4 is 14.4 Å². The number of carbonyl (C=O) groups is 1. The zero-order valence-corrected chi connectivity index (χ0v) is 20.8. The molecule has 1 saturated heterocycles. The number of hydrogen-bond donors (Lipinski definition) is 0. The minimum absolute atomic E-state index is 0.175. The Labute approximate surface area is 212 Å². The number of nitrogens with zero attached hydrogens (tertiary/aromatic N) is 4. The number of carbonyl (C=O) groups excluding carboxylic acids is 1. The van der Waals surface area contributed by atoms with Gasteiger partial charge >= 0.3 is 0 Å². The van der Waals surface area contributed by atoms with Crippen LogP contribution in [0.3, 0.4) is 0 Å². The van der Waals surface area contributed by atoms with Gasteiger partial charge in [0.15, 0.2) is 16.6 Å². The molecule has 1 amide bonds. The first kappa shape index (κ1) is 22.9. The van der Waals surface area contributed by atoms with Gasteiger partial charge < -0.3 is 9.47 Å². The zero-order valence-electron chi connectivity index (χ0n) is 19.2. The number of thiazole rings is 1. The summed E-state index contributed by atoms with van der Waals surface area (Å²) >= 11 is 1.37. The van der Waals surface area contributed by atoms with Crippen LogP contribution in [-0.2, 0) is 16.6 Å². The van der Waals surface area contributed by atoms with Gasteiger partial charge in [-0.3, -0.25) is 14.7 Å². The van der Waals surface area contributed by atoms with E-state index in [1.165, 1.54) is 27.8 Å². The first-order valence-electron chi connectivity index (χ1n) is 11.5. The molecule has 11 heteroatoms. The molecule has 9 nitrogen and oxygen atoms in total. The Morgan fingerprint density at radius 3 is 2.53 bits per heavy atom. The fourth-order valence-electron chi connectivity index (χ4n) is 4.32. The van der Waals surface area contributed by atoms with Crippen LogP contribution in [0.25, 0.3) is 10.2 Å². The summed E-state index contributed by atoms with van der Waals surface area (Å²) in [5.41, 5.74) is 1.91. The molecule has 2 aromatic carbocycles. The molecule has 2 aliphatic rings. The molecule has 0 aliphatic carbocycles. The number of anilines is 1. The molecule has 0 saturated carbocycles. The van der Waals surface area contributed by atoms with Crippen molar-refractivity contribution >= 4 is 42.6 Å². The smallest absolute Gasteiger partial charge is 0.260 e. The Balaban J connectivity index is 1.34. The predicted molar refractivity (Wildman–Crippen MR) is 135 cm³/mol. The number of ether oxygens (including phenoxy) is 2. The average molecular weight is 523 g/mol. The van der Waals surface area contributed by atoms with Gasteiger partial charge in [0.2, 0.25) is 16.8 Å². The summed E-state index contributed by atoms with van der Waals surface area (Å²) in [6.07, 6.45) is 5.11.